The average molecular weight is 229 g/mol. The molecule has 1 aliphatic rings. The fraction of sp³-hybridized carbons (Fsp3) is 0.417. The minimum atomic E-state index is 0.378. The summed E-state index contributed by atoms with van der Waals surface area (Å²) in [5.41, 5.74) is 6.83. The number of anilines is 1. The molecule has 0 aromatic carbocycles. The van der Waals surface area contributed by atoms with E-state index >= 15 is 0 Å². The molecule has 0 amide bonds. The minimum absolute atomic E-state index is 0.378. The van der Waals surface area contributed by atoms with Crippen molar-refractivity contribution in [3.63, 3.8) is 0 Å². The minimum Gasteiger partial charge on any atom is -0.383 e. The first kappa shape index (κ1) is 10.4. The average Bonchev–Trinajstić information content (AvgIpc) is 2.40. The van der Waals surface area contributed by atoms with Gasteiger partial charge in [0.15, 0.2) is 0 Å². The fourth-order valence-electron chi connectivity index (χ4n) is 2.27. The molecule has 3 N–H and O–H groups in total. The largest absolute Gasteiger partial charge is 0.383 e. The van der Waals surface area contributed by atoms with Gasteiger partial charge in [-0.25, -0.2) is 9.97 Å². The van der Waals surface area contributed by atoms with Gasteiger partial charge in [0.1, 0.15) is 11.6 Å². The molecule has 3 heterocycles. The molecule has 1 fully saturated rings. The predicted molar refractivity (Wildman–Crippen MR) is 66.6 cm³/mol. The highest BCUT2D eigenvalue weighted by atomic mass is 15.0. The Morgan fingerprint density at radius 1 is 1.35 bits per heavy atom. The Morgan fingerprint density at radius 3 is 3.12 bits per heavy atom. The van der Waals surface area contributed by atoms with Crippen molar-refractivity contribution in [2.24, 2.45) is 0 Å². The lowest BCUT2D eigenvalue weighted by atomic mass is 9.99. The Kier molecular flexibility index (Phi) is 2.60. The topological polar surface area (TPSA) is 76.7 Å². The second-order valence-corrected chi connectivity index (χ2v) is 4.40. The van der Waals surface area contributed by atoms with Crippen LogP contribution in [0, 0.1) is 0 Å². The molecule has 0 bridgehead atoms. The zero-order valence-corrected chi connectivity index (χ0v) is 9.56. The molecule has 17 heavy (non-hydrogen) atoms. The molecular formula is C12H15N5. The number of hydrogen-bond donors (Lipinski definition) is 2. The first-order valence-electron chi connectivity index (χ1n) is 5.92. The standard InChI is InChI=1S/C12H15N5/c13-11-9-7-15-5-3-10(9)16-12(17-11)8-2-1-4-14-6-8/h3,5,7-8,14H,1-2,4,6H2,(H2,13,16,17)/t8-/m1/s1. The summed E-state index contributed by atoms with van der Waals surface area (Å²) in [5, 5.41) is 4.20. The zero-order chi connectivity index (χ0) is 11.7. The molecule has 2 aromatic heterocycles. The lowest BCUT2D eigenvalue weighted by molar-refractivity contribution is 0.448. The third kappa shape index (κ3) is 1.93. The number of nitrogen functional groups attached to an aromatic ring is 1. The number of rotatable bonds is 1. The first-order valence-corrected chi connectivity index (χ1v) is 5.92. The number of aromatic nitrogens is 3. The molecule has 0 unspecified atom stereocenters. The monoisotopic (exact) mass is 229 g/mol. The first-order chi connectivity index (χ1) is 8.34. The van der Waals surface area contributed by atoms with Crippen LogP contribution in [0.25, 0.3) is 10.9 Å². The van der Waals surface area contributed by atoms with E-state index in [1.54, 1.807) is 12.4 Å². The smallest absolute Gasteiger partial charge is 0.136 e. The second-order valence-electron chi connectivity index (χ2n) is 4.40. The van der Waals surface area contributed by atoms with E-state index in [0.717, 1.165) is 36.2 Å². The molecule has 0 aliphatic carbocycles. The summed E-state index contributed by atoms with van der Waals surface area (Å²) in [7, 11) is 0. The van der Waals surface area contributed by atoms with Gasteiger partial charge in [-0.2, -0.15) is 0 Å². The van der Waals surface area contributed by atoms with Gasteiger partial charge < -0.3 is 11.1 Å². The van der Waals surface area contributed by atoms with Crippen molar-refractivity contribution in [3.05, 3.63) is 24.3 Å². The molecular weight excluding hydrogens is 214 g/mol. The van der Waals surface area contributed by atoms with E-state index in [-0.39, 0.29) is 0 Å². The maximum atomic E-state index is 5.95. The molecule has 2 aromatic rings. The number of piperidine rings is 1. The van der Waals surface area contributed by atoms with Crippen molar-refractivity contribution in [1.82, 2.24) is 20.3 Å². The Balaban J connectivity index is 2.05. The normalized spacial score (nSPS) is 20.6. The van der Waals surface area contributed by atoms with Crippen molar-refractivity contribution < 1.29 is 0 Å². The van der Waals surface area contributed by atoms with Gasteiger partial charge in [-0.15, -0.1) is 0 Å². The number of hydrogen-bond acceptors (Lipinski definition) is 5. The molecule has 0 radical (unpaired) electrons. The summed E-state index contributed by atoms with van der Waals surface area (Å²) in [6.45, 7) is 2.03. The molecule has 1 atom stereocenters. The van der Waals surface area contributed by atoms with E-state index in [1.807, 2.05) is 6.07 Å². The van der Waals surface area contributed by atoms with Gasteiger partial charge in [0, 0.05) is 24.9 Å². The maximum Gasteiger partial charge on any atom is 0.136 e. The van der Waals surface area contributed by atoms with Crippen LogP contribution in [0.2, 0.25) is 0 Å². The van der Waals surface area contributed by atoms with Gasteiger partial charge in [0.2, 0.25) is 0 Å². The number of fused-ring (bicyclic) bond motifs is 1. The maximum absolute atomic E-state index is 5.95. The van der Waals surface area contributed by atoms with E-state index in [4.69, 9.17) is 5.73 Å². The number of nitrogens with zero attached hydrogens (tertiary/aromatic N) is 3. The van der Waals surface area contributed by atoms with Crippen LogP contribution in [0.1, 0.15) is 24.6 Å². The van der Waals surface area contributed by atoms with Gasteiger partial charge >= 0.3 is 0 Å². The van der Waals surface area contributed by atoms with E-state index in [9.17, 15) is 0 Å². The van der Waals surface area contributed by atoms with Crippen LogP contribution in [0.15, 0.2) is 18.5 Å². The molecule has 0 spiro atoms. The third-order valence-corrected chi connectivity index (χ3v) is 3.21. The quantitative estimate of drug-likeness (QED) is 0.765. The molecule has 1 aliphatic heterocycles. The van der Waals surface area contributed by atoms with E-state index in [2.05, 4.69) is 20.3 Å². The SMILES string of the molecule is Nc1nc([C@@H]2CCCNC2)nc2ccncc12. The molecule has 3 rings (SSSR count). The van der Waals surface area contributed by atoms with Crippen LogP contribution in [0.5, 0.6) is 0 Å². The molecule has 0 saturated carbocycles. The van der Waals surface area contributed by atoms with Gasteiger partial charge in [-0.05, 0) is 25.5 Å². The summed E-state index contributed by atoms with van der Waals surface area (Å²) < 4.78 is 0. The van der Waals surface area contributed by atoms with Gasteiger partial charge in [-0.3, -0.25) is 4.98 Å². The van der Waals surface area contributed by atoms with Crippen molar-refractivity contribution in [1.29, 1.82) is 0 Å². The lowest BCUT2D eigenvalue weighted by Gasteiger charge is -2.21. The van der Waals surface area contributed by atoms with Crippen LogP contribution in [-0.4, -0.2) is 28.0 Å². The number of nitrogens with two attached hydrogens (primary N) is 1. The van der Waals surface area contributed by atoms with Gasteiger partial charge in [-0.1, -0.05) is 0 Å². The van der Waals surface area contributed by atoms with Crippen molar-refractivity contribution in [3.8, 4) is 0 Å². The van der Waals surface area contributed by atoms with Crippen molar-refractivity contribution in [2.75, 3.05) is 18.8 Å². The van der Waals surface area contributed by atoms with E-state index in [1.165, 1.54) is 6.42 Å². The Hall–Kier alpha value is -1.75. The Morgan fingerprint density at radius 2 is 2.29 bits per heavy atom. The molecule has 88 valence electrons. The molecule has 5 nitrogen and oxygen atoms in total. The summed E-state index contributed by atoms with van der Waals surface area (Å²) >= 11 is 0. The van der Waals surface area contributed by atoms with Crippen LogP contribution in [0.4, 0.5) is 5.82 Å². The second kappa shape index (κ2) is 4.25. The lowest BCUT2D eigenvalue weighted by Crippen LogP contribution is -2.29. The molecule has 1 saturated heterocycles. The Bertz CT molecular complexity index is 533. The van der Waals surface area contributed by atoms with Gasteiger partial charge in [0.05, 0.1) is 10.9 Å². The Labute approximate surface area is 99.5 Å². The van der Waals surface area contributed by atoms with Crippen LogP contribution in [0.3, 0.4) is 0 Å². The van der Waals surface area contributed by atoms with Crippen LogP contribution in [-0.2, 0) is 0 Å². The van der Waals surface area contributed by atoms with Crippen molar-refractivity contribution in [2.45, 2.75) is 18.8 Å². The molecule has 5 heteroatoms. The highest BCUT2D eigenvalue weighted by Crippen LogP contribution is 2.24. The van der Waals surface area contributed by atoms with E-state index < -0.39 is 0 Å². The summed E-state index contributed by atoms with van der Waals surface area (Å²) in [4.78, 5) is 13.0. The van der Waals surface area contributed by atoms with Gasteiger partial charge in [0.25, 0.3) is 0 Å². The highest BCUT2D eigenvalue weighted by molar-refractivity contribution is 5.86. The zero-order valence-electron chi connectivity index (χ0n) is 9.56. The predicted octanol–water partition coefficient (Wildman–Crippen LogP) is 1.07. The fourth-order valence-corrected chi connectivity index (χ4v) is 2.27. The third-order valence-electron chi connectivity index (χ3n) is 3.21. The number of pyridine rings is 1. The summed E-state index contributed by atoms with van der Waals surface area (Å²) in [6.07, 6.45) is 5.75. The summed E-state index contributed by atoms with van der Waals surface area (Å²) in [6, 6.07) is 1.88. The number of nitrogens with one attached hydrogen (secondary N) is 1. The van der Waals surface area contributed by atoms with Crippen molar-refractivity contribution >= 4 is 16.7 Å². The summed E-state index contributed by atoms with van der Waals surface area (Å²) in [5.74, 6) is 1.76. The van der Waals surface area contributed by atoms with E-state index in [0.29, 0.717) is 11.7 Å². The highest BCUT2D eigenvalue weighted by Gasteiger charge is 2.19. The van der Waals surface area contributed by atoms with Crippen LogP contribution < -0.4 is 11.1 Å². The van der Waals surface area contributed by atoms with Crippen LogP contribution >= 0.6 is 0 Å².